The van der Waals surface area contributed by atoms with Crippen LogP contribution in [0, 0.1) is 30.0 Å². The summed E-state index contributed by atoms with van der Waals surface area (Å²) in [5.74, 6) is 0.776. The van der Waals surface area contributed by atoms with E-state index < -0.39 is 0 Å². The minimum absolute atomic E-state index is 0.162. The van der Waals surface area contributed by atoms with Crippen molar-refractivity contribution in [2.45, 2.75) is 70.8 Å². The van der Waals surface area contributed by atoms with E-state index in [0.29, 0.717) is 17.4 Å². The van der Waals surface area contributed by atoms with Gasteiger partial charge in [0, 0.05) is 11.3 Å². The zero-order valence-electron chi connectivity index (χ0n) is 21.4. The van der Waals surface area contributed by atoms with Crippen molar-refractivity contribution in [1.29, 1.82) is 5.26 Å². The van der Waals surface area contributed by atoms with Crippen molar-refractivity contribution in [2.24, 2.45) is 5.92 Å². The van der Waals surface area contributed by atoms with Gasteiger partial charge in [-0.15, -0.1) is 0 Å². The highest BCUT2D eigenvalue weighted by molar-refractivity contribution is 5.95. The van der Waals surface area contributed by atoms with Crippen molar-refractivity contribution in [1.82, 2.24) is 10.3 Å². The SMILES string of the molecule is CCC(C)C1CCCc2nc(C3(NC(=O)c4ccc(F)cc4)CC3)ccc21.Cc1cccc(C#N)c1. The number of hydrogen-bond donors (Lipinski definition) is 1. The first-order chi connectivity index (χ1) is 17.3. The molecule has 2 aliphatic carbocycles. The van der Waals surface area contributed by atoms with Gasteiger partial charge in [-0.3, -0.25) is 9.78 Å². The van der Waals surface area contributed by atoms with Crippen molar-refractivity contribution in [3.05, 3.63) is 100 Å². The molecule has 0 aliphatic heterocycles. The van der Waals surface area contributed by atoms with Gasteiger partial charge in [-0.1, -0.05) is 38.5 Å². The summed E-state index contributed by atoms with van der Waals surface area (Å²) >= 11 is 0. The molecule has 36 heavy (non-hydrogen) atoms. The summed E-state index contributed by atoms with van der Waals surface area (Å²) in [6.07, 6.45) is 6.45. The number of benzene rings is 2. The zero-order chi connectivity index (χ0) is 25.7. The lowest BCUT2D eigenvalue weighted by Crippen LogP contribution is -2.36. The summed E-state index contributed by atoms with van der Waals surface area (Å²) in [6.45, 7) is 6.56. The average molecular weight is 484 g/mol. The molecule has 1 fully saturated rings. The molecule has 186 valence electrons. The topological polar surface area (TPSA) is 65.8 Å². The minimum atomic E-state index is -0.357. The van der Waals surface area contributed by atoms with E-state index in [1.807, 2.05) is 25.1 Å². The Balaban J connectivity index is 0.000000286. The van der Waals surface area contributed by atoms with Crippen LogP contribution in [0.1, 0.15) is 90.3 Å². The van der Waals surface area contributed by atoms with E-state index in [1.54, 1.807) is 6.07 Å². The van der Waals surface area contributed by atoms with E-state index in [9.17, 15) is 9.18 Å². The summed E-state index contributed by atoms with van der Waals surface area (Å²) in [6, 6.07) is 19.6. The number of pyridine rings is 1. The number of nitrogens with one attached hydrogen (secondary N) is 1. The summed E-state index contributed by atoms with van der Waals surface area (Å²) < 4.78 is 13.1. The van der Waals surface area contributed by atoms with Crippen molar-refractivity contribution in [2.75, 3.05) is 0 Å². The van der Waals surface area contributed by atoms with Crippen molar-refractivity contribution >= 4 is 5.91 Å². The Morgan fingerprint density at radius 2 is 1.94 bits per heavy atom. The Labute approximate surface area is 213 Å². The first-order valence-electron chi connectivity index (χ1n) is 12.9. The second-order valence-electron chi connectivity index (χ2n) is 10.1. The van der Waals surface area contributed by atoms with Crippen LogP contribution in [-0.2, 0) is 12.0 Å². The number of halogens is 1. The van der Waals surface area contributed by atoms with Crippen LogP contribution >= 0.6 is 0 Å². The maximum absolute atomic E-state index is 13.1. The van der Waals surface area contributed by atoms with Crippen LogP contribution in [0.5, 0.6) is 0 Å². The first-order valence-corrected chi connectivity index (χ1v) is 12.9. The van der Waals surface area contributed by atoms with Gasteiger partial charge in [-0.25, -0.2) is 4.39 Å². The Hall–Kier alpha value is -3.52. The molecule has 1 heterocycles. The Bertz CT molecular complexity index is 1260. The number of rotatable bonds is 5. The molecule has 5 rings (SSSR count). The molecule has 1 aromatic heterocycles. The van der Waals surface area contributed by atoms with Crippen molar-refractivity contribution in [3.8, 4) is 6.07 Å². The summed E-state index contributed by atoms with van der Waals surface area (Å²) in [5, 5.41) is 11.6. The number of nitriles is 1. The van der Waals surface area contributed by atoms with Crippen LogP contribution in [0.3, 0.4) is 0 Å². The lowest BCUT2D eigenvalue weighted by molar-refractivity contribution is 0.0929. The van der Waals surface area contributed by atoms with Gasteiger partial charge in [-0.05, 0) is 104 Å². The van der Waals surface area contributed by atoms with Gasteiger partial charge in [0.25, 0.3) is 5.91 Å². The lowest BCUT2D eigenvalue weighted by Gasteiger charge is -2.30. The molecule has 2 aromatic carbocycles. The third-order valence-corrected chi connectivity index (χ3v) is 7.52. The molecule has 1 amide bonds. The molecule has 0 bridgehead atoms. The van der Waals surface area contributed by atoms with Gasteiger partial charge in [-0.2, -0.15) is 5.26 Å². The minimum Gasteiger partial charge on any atom is -0.341 e. The predicted octanol–water partition coefficient (Wildman–Crippen LogP) is 6.97. The molecular formula is C31H34FN3O. The van der Waals surface area contributed by atoms with Crippen LogP contribution in [0.25, 0.3) is 0 Å². The number of hydrogen-bond acceptors (Lipinski definition) is 3. The van der Waals surface area contributed by atoms with Crippen molar-refractivity contribution < 1.29 is 9.18 Å². The fourth-order valence-corrected chi connectivity index (χ4v) is 5.01. The van der Waals surface area contributed by atoms with Crippen LogP contribution in [0.15, 0.2) is 60.7 Å². The summed E-state index contributed by atoms with van der Waals surface area (Å²) in [4.78, 5) is 17.6. The number of aryl methyl sites for hydroxylation is 2. The molecule has 4 nitrogen and oxygen atoms in total. The third-order valence-electron chi connectivity index (χ3n) is 7.52. The third kappa shape index (κ3) is 5.82. The number of aromatic nitrogens is 1. The molecule has 0 spiro atoms. The van der Waals surface area contributed by atoms with Gasteiger partial charge in [0.05, 0.1) is 22.9 Å². The van der Waals surface area contributed by atoms with Crippen LogP contribution in [0.2, 0.25) is 0 Å². The molecule has 5 heteroatoms. The Kier molecular flexibility index (Phi) is 7.84. The quantitative estimate of drug-likeness (QED) is 0.426. The molecular weight excluding hydrogens is 449 g/mol. The Morgan fingerprint density at radius 1 is 1.19 bits per heavy atom. The smallest absolute Gasteiger partial charge is 0.252 e. The van der Waals surface area contributed by atoms with E-state index in [0.717, 1.165) is 36.1 Å². The van der Waals surface area contributed by atoms with Crippen molar-refractivity contribution in [3.63, 3.8) is 0 Å². The summed E-state index contributed by atoms with van der Waals surface area (Å²) in [5.41, 5.74) is 5.58. The van der Waals surface area contributed by atoms with Crippen LogP contribution in [0.4, 0.5) is 4.39 Å². The molecule has 1 saturated carbocycles. The maximum Gasteiger partial charge on any atom is 0.252 e. The first kappa shape index (κ1) is 25.6. The van der Waals surface area contributed by atoms with E-state index >= 15 is 0 Å². The van der Waals surface area contributed by atoms with Gasteiger partial charge in [0.15, 0.2) is 0 Å². The molecule has 0 radical (unpaired) electrons. The van der Waals surface area contributed by atoms with Gasteiger partial charge in [0.1, 0.15) is 5.82 Å². The molecule has 2 aliphatic rings. The number of nitrogens with zero attached hydrogens (tertiary/aromatic N) is 2. The van der Waals surface area contributed by atoms with Gasteiger partial charge < -0.3 is 5.32 Å². The second kappa shape index (κ2) is 11.0. The number of amides is 1. The number of carbonyl (C=O) groups is 1. The highest BCUT2D eigenvalue weighted by atomic mass is 19.1. The zero-order valence-corrected chi connectivity index (χ0v) is 21.4. The van der Waals surface area contributed by atoms with E-state index in [2.05, 4.69) is 37.4 Å². The predicted molar refractivity (Wildman–Crippen MR) is 140 cm³/mol. The van der Waals surface area contributed by atoms with Crippen LogP contribution < -0.4 is 5.32 Å². The fraction of sp³-hybridized carbons (Fsp3) is 0.387. The molecule has 0 saturated heterocycles. The standard InChI is InChI=1S/C23H27FN2O.C8H7N/c1-3-15(2)18-5-4-6-20-19(18)11-12-21(25-20)23(13-14-23)26-22(27)16-7-9-17(24)10-8-16;1-7-3-2-4-8(5-7)6-9/h7-12,15,18H,3-6,13-14H2,1-2H3,(H,26,27);2-5H,1H3. The molecule has 3 aromatic rings. The highest BCUT2D eigenvalue weighted by Gasteiger charge is 2.47. The largest absolute Gasteiger partial charge is 0.341 e. The normalized spacial score (nSPS) is 18.0. The van der Waals surface area contributed by atoms with E-state index in [1.165, 1.54) is 54.8 Å². The average Bonchev–Trinajstić information content (AvgIpc) is 3.68. The van der Waals surface area contributed by atoms with Crippen LogP contribution in [-0.4, -0.2) is 10.9 Å². The fourth-order valence-electron chi connectivity index (χ4n) is 5.01. The molecule has 2 atom stereocenters. The van der Waals surface area contributed by atoms with E-state index in [4.69, 9.17) is 10.2 Å². The Morgan fingerprint density at radius 3 is 2.56 bits per heavy atom. The highest BCUT2D eigenvalue weighted by Crippen LogP contribution is 2.46. The van der Waals surface area contributed by atoms with E-state index in [-0.39, 0.29) is 17.3 Å². The van der Waals surface area contributed by atoms with Gasteiger partial charge >= 0.3 is 0 Å². The number of fused-ring (bicyclic) bond motifs is 1. The lowest BCUT2D eigenvalue weighted by atomic mass is 9.77. The molecule has 1 N–H and O–H groups in total. The second-order valence-corrected chi connectivity index (χ2v) is 10.1. The number of carbonyl (C=O) groups excluding carboxylic acids is 1. The monoisotopic (exact) mass is 483 g/mol. The molecule has 2 unspecified atom stereocenters. The summed E-state index contributed by atoms with van der Waals surface area (Å²) in [7, 11) is 0. The van der Waals surface area contributed by atoms with Gasteiger partial charge in [0.2, 0.25) is 0 Å². The maximum atomic E-state index is 13.1.